The van der Waals surface area contributed by atoms with E-state index in [2.05, 4.69) is 4.85 Å². The molecule has 2 heterocycles. The second-order valence-corrected chi connectivity index (χ2v) is 8.71. The van der Waals surface area contributed by atoms with E-state index in [1.54, 1.807) is 45.4 Å². The van der Waals surface area contributed by atoms with Crippen LogP contribution in [0.1, 0.15) is 52.8 Å². The molecule has 0 aliphatic carbocycles. The van der Waals surface area contributed by atoms with Crippen molar-refractivity contribution in [3.05, 3.63) is 70.2 Å². The molecule has 0 unspecified atom stereocenters. The highest BCUT2D eigenvalue weighted by molar-refractivity contribution is 6.11. The lowest BCUT2D eigenvalue weighted by molar-refractivity contribution is -0.666. The van der Waals surface area contributed by atoms with E-state index in [9.17, 15) is 0 Å². The normalized spacial score (nSPS) is 16.2. The molecule has 2 aromatic carbocycles. The number of benzene rings is 2. The third-order valence-corrected chi connectivity index (χ3v) is 5.19. The number of hydrogen-bond donors (Lipinski definition) is 0. The molecule has 0 radical (unpaired) electrons. The summed E-state index contributed by atoms with van der Waals surface area (Å²) in [4.78, 5) is 3.42. The zero-order valence-electron chi connectivity index (χ0n) is 25.1. The van der Waals surface area contributed by atoms with Crippen LogP contribution in [0.15, 0.2) is 40.8 Å². The van der Waals surface area contributed by atoms with Crippen LogP contribution in [-0.4, -0.2) is 0 Å². The SMILES string of the molecule is [2H]c1c(C([2H])([2H])C(C)(C)C)c([2H])c(-c2c(C)ccc3c2oc2cc([N+]#[C-])cc(C([2H])([2H])[2H])c23)[n+](C)c1C. The summed E-state index contributed by atoms with van der Waals surface area (Å²) in [5.41, 5.74) is 2.03. The maximum absolute atomic E-state index is 9.16. The minimum atomic E-state index is -2.48. The molecule has 0 aliphatic heterocycles. The van der Waals surface area contributed by atoms with E-state index in [0.29, 0.717) is 33.3 Å². The first-order valence-corrected chi connectivity index (χ1v) is 9.82. The van der Waals surface area contributed by atoms with Crippen molar-refractivity contribution in [2.24, 2.45) is 12.5 Å². The smallest absolute Gasteiger partial charge is 0.216 e. The third kappa shape index (κ3) is 3.37. The van der Waals surface area contributed by atoms with Crippen molar-refractivity contribution in [2.45, 2.75) is 47.8 Å². The molecule has 4 aromatic rings. The van der Waals surface area contributed by atoms with Gasteiger partial charge in [-0.15, -0.1) is 0 Å². The molecule has 0 spiro atoms. The van der Waals surface area contributed by atoms with Crippen LogP contribution in [0.5, 0.6) is 0 Å². The van der Waals surface area contributed by atoms with Gasteiger partial charge in [-0.3, -0.25) is 0 Å². The Labute approximate surface area is 188 Å². The molecule has 4 rings (SSSR count). The summed E-state index contributed by atoms with van der Waals surface area (Å²) < 4.78 is 67.8. The Morgan fingerprint density at radius 3 is 2.63 bits per heavy atom. The van der Waals surface area contributed by atoms with Crippen LogP contribution in [0.2, 0.25) is 0 Å². The maximum atomic E-state index is 9.16. The molecule has 2 aromatic heterocycles. The zero-order chi connectivity index (χ0) is 27.8. The number of aryl methyl sites for hydroxylation is 2. The second-order valence-electron chi connectivity index (χ2n) is 8.71. The van der Waals surface area contributed by atoms with Gasteiger partial charge >= 0.3 is 0 Å². The van der Waals surface area contributed by atoms with Crippen molar-refractivity contribution in [3.8, 4) is 11.3 Å². The van der Waals surface area contributed by atoms with Gasteiger partial charge in [0.1, 0.15) is 18.2 Å². The van der Waals surface area contributed by atoms with Crippen LogP contribution in [0.25, 0.3) is 38.0 Å². The molecule has 0 fully saturated rings. The van der Waals surface area contributed by atoms with Crippen molar-refractivity contribution in [1.29, 1.82) is 0 Å². The van der Waals surface area contributed by atoms with Crippen LogP contribution >= 0.6 is 0 Å². The van der Waals surface area contributed by atoms with Crippen molar-refractivity contribution < 1.29 is 18.6 Å². The van der Waals surface area contributed by atoms with E-state index in [1.165, 1.54) is 12.1 Å². The number of rotatable bonds is 2. The van der Waals surface area contributed by atoms with Gasteiger partial charge in [0, 0.05) is 36.6 Å². The molecule has 0 atom stereocenters. The Hall–Kier alpha value is -3.12. The lowest BCUT2D eigenvalue weighted by Gasteiger charge is -2.18. The highest BCUT2D eigenvalue weighted by Gasteiger charge is 2.24. The van der Waals surface area contributed by atoms with Gasteiger partial charge < -0.3 is 4.42 Å². The first kappa shape index (κ1) is 13.2. The van der Waals surface area contributed by atoms with Gasteiger partial charge in [-0.05, 0) is 48.3 Å². The van der Waals surface area contributed by atoms with Gasteiger partial charge in [-0.2, -0.15) is 4.57 Å². The molecule has 30 heavy (non-hydrogen) atoms. The van der Waals surface area contributed by atoms with Gasteiger partial charge in [0.25, 0.3) is 0 Å². The Balaban J connectivity index is 2.23. The van der Waals surface area contributed by atoms with E-state index in [-0.39, 0.29) is 34.5 Å². The second kappa shape index (κ2) is 6.99. The maximum Gasteiger partial charge on any atom is 0.216 e. The van der Waals surface area contributed by atoms with Crippen LogP contribution in [0, 0.1) is 32.7 Å². The molecule has 0 saturated carbocycles. The van der Waals surface area contributed by atoms with E-state index < -0.39 is 18.6 Å². The van der Waals surface area contributed by atoms with Crippen LogP contribution in [-0.2, 0) is 13.4 Å². The van der Waals surface area contributed by atoms with Crippen molar-refractivity contribution >= 4 is 27.6 Å². The lowest BCUT2D eigenvalue weighted by Crippen LogP contribution is -2.35. The Kier molecular flexibility index (Phi) is 3.08. The van der Waals surface area contributed by atoms with Gasteiger partial charge in [0.15, 0.2) is 11.4 Å². The van der Waals surface area contributed by atoms with Crippen molar-refractivity contribution in [2.75, 3.05) is 0 Å². The average molecular weight is 405 g/mol. The number of hydrogen-bond acceptors (Lipinski definition) is 1. The van der Waals surface area contributed by atoms with Gasteiger partial charge in [0.2, 0.25) is 5.69 Å². The minimum Gasteiger partial charge on any atom is -0.456 e. The molecule has 0 aliphatic rings. The molecular formula is C27H29N2O+. The average Bonchev–Trinajstić information content (AvgIpc) is 3.15. The summed E-state index contributed by atoms with van der Waals surface area (Å²) in [5, 5.41) is 0.919. The van der Waals surface area contributed by atoms with Gasteiger partial charge in [0.05, 0.1) is 14.9 Å². The quantitative estimate of drug-likeness (QED) is 0.257. The molecule has 0 bridgehead atoms. The fourth-order valence-electron chi connectivity index (χ4n) is 3.75. The summed E-state index contributed by atoms with van der Waals surface area (Å²) in [6, 6.07) is 6.32. The Bertz CT molecular complexity index is 1630. The van der Waals surface area contributed by atoms with Gasteiger partial charge in [-0.25, -0.2) is 4.85 Å². The molecule has 0 saturated heterocycles. The van der Waals surface area contributed by atoms with Crippen molar-refractivity contribution in [3.63, 3.8) is 0 Å². The fourth-order valence-corrected chi connectivity index (χ4v) is 3.75. The largest absolute Gasteiger partial charge is 0.456 e. The van der Waals surface area contributed by atoms with E-state index in [0.717, 1.165) is 5.56 Å². The topological polar surface area (TPSA) is 21.4 Å². The Morgan fingerprint density at radius 1 is 1.20 bits per heavy atom. The standard InChI is InChI=1S/C27H29N2O/c1-16-9-10-21-24-17(2)11-20(28-7)14-23(24)30-26(21)25(16)22-13-19(15-27(4,5)6)12-18(3)29(22)8/h9-14H,15H2,1-6,8H3/q+1/i2D3,12D,13D,15D2. The molecular weight excluding hydrogens is 368 g/mol. The fraction of sp³-hybridized carbons (Fsp3) is 0.333. The summed E-state index contributed by atoms with van der Waals surface area (Å²) in [7, 11) is 1.73. The summed E-state index contributed by atoms with van der Waals surface area (Å²) in [6.07, 6.45) is -1.98. The zero-order valence-corrected chi connectivity index (χ0v) is 18.1. The predicted molar refractivity (Wildman–Crippen MR) is 124 cm³/mol. The Morgan fingerprint density at radius 2 is 1.97 bits per heavy atom. The van der Waals surface area contributed by atoms with Crippen molar-refractivity contribution in [1.82, 2.24) is 0 Å². The molecule has 152 valence electrons. The monoisotopic (exact) mass is 404 g/mol. The first-order chi connectivity index (χ1) is 16.9. The van der Waals surface area contributed by atoms with E-state index in [4.69, 9.17) is 20.6 Å². The molecule has 3 nitrogen and oxygen atoms in total. The van der Waals surface area contributed by atoms with Gasteiger partial charge in [-0.1, -0.05) is 39.0 Å². The lowest BCUT2D eigenvalue weighted by atomic mass is 9.87. The number of fused-ring (bicyclic) bond motifs is 3. The minimum absolute atomic E-state index is 0.00316. The summed E-state index contributed by atoms with van der Waals surface area (Å²) >= 11 is 0. The number of nitrogens with zero attached hydrogens (tertiary/aromatic N) is 2. The highest BCUT2D eigenvalue weighted by Crippen LogP contribution is 2.40. The molecule has 3 heteroatoms. The molecule has 0 N–H and O–H groups in total. The summed E-state index contributed by atoms with van der Waals surface area (Å²) in [6.45, 7) is 13.7. The van der Waals surface area contributed by atoms with Crippen LogP contribution in [0.3, 0.4) is 0 Å². The number of furan rings is 1. The van der Waals surface area contributed by atoms with E-state index >= 15 is 0 Å². The van der Waals surface area contributed by atoms with Crippen LogP contribution < -0.4 is 4.57 Å². The highest BCUT2D eigenvalue weighted by atomic mass is 16.3. The summed E-state index contributed by atoms with van der Waals surface area (Å²) in [5.74, 6) is 0. The first-order valence-electron chi connectivity index (χ1n) is 13.3. The third-order valence-electron chi connectivity index (χ3n) is 5.19. The van der Waals surface area contributed by atoms with Crippen LogP contribution in [0.4, 0.5) is 5.69 Å². The number of aromatic nitrogens is 1. The predicted octanol–water partition coefficient (Wildman–Crippen LogP) is 7.14. The van der Waals surface area contributed by atoms with E-state index in [1.807, 2.05) is 13.0 Å². The molecule has 0 amide bonds. The number of pyridine rings is 1.